The van der Waals surface area contributed by atoms with Gasteiger partial charge in [0.05, 0.1) is 0 Å². The Morgan fingerprint density at radius 1 is 0.852 bits per heavy atom. The van der Waals surface area contributed by atoms with Gasteiger partial charge in [0.1, 0.15) is 25.8 Å². The van der Waals surface area contributed by atoms with Gasteiger partial charge >= 0.3 is 12.1 Å². The van der Waals surface area contributed by atoms with Gasteiger partial charge in [-0.05, 0) is 18.1 Å². The highest BCUT2D eigenvalue weighted by molar-refractivity contribution is 5.86. The number of hydrogen-bond acceptors (Lipinski definition) is 5. The minimum atomic E-state index is -0.830. The molecule has 0 aliphatic rings. The van der Waals surface area contributed by atoms with Gasteiger partial charge < -0.3 is 20.1 Å². The molecule has 0 aliphatic carbocycles. The Kier molecular flexibility index (Phi) is 7.84. The summed E-state index contributed by atoms with van der Waals surface area (Å²) in [4.78, 5) is 35.3. The minimum Gasteiger partial charge on any atom is -0.459 e. The van der Waals surface area contributed by atoms with Crippen molar-refractivity contribution in [2.75, 3.05) is 6.54 Å². The van der Waals surface area contributed by atoms with Crippen LogP contribution in [-0.4, -0.2) is 30.6 Å². The summed E-state index contributed by atoms with van der Waals surface area (Å²) in [5, 5.41) is 4.79. The third kappa shape index (κ3) is 7.60. The Balaban J connectivity index is 1.63. The van der Waals surface area contributed by atoms with E-state index in [1.807, 2.05) is 60.7 Å². The van der Waals surface area contributed by atoms with E-state index in [4.69, 9.17) is 9.47 Å². The maximum atomic E-state index is 11.9. The second-order valence-corrected chi connectivity index (χ2v) is 5.80. The first kappa shape index (κ1) is 20.0. The highest BCUT2D eigenvalue weighted by atomic mass is 16.5. The first-order valence-corrected chi connectivity index (χ1v) is 8.49. The zero-order valence-electron chi connectivity index (χ0n) is 15.0. The van der Waals surface area contributed by atoms with E-state index in [0.29, 0.717) is 0 Å². The van der Waals surface area contributed by atoms with Gasteiger partial charge in [-0.2, -0.15) is 0 Å². The molecule has 0 aromatic heterocycles. The molecule has 7 nitrogen and oxygen atoms in total. The molecule has 0 fully saturated rings. The quantitative estimate of drug-likeness (QED) is 0.695. The molecular weight excluding hydrogens is 348 g/mol. The SMILES string of the molecule is C[C@H](NC(=O)CNC(=O)OCc1ccccc1)C(=O)OCc1ccccc1. The molecule has 7 heteroatoms. The van der Waals surface area contributed by atoms with Crippen molar-refractivity contribution >= 4 is 18.0 Å². The zero-order valence-corrected chi connectivity index (χ0v) is 15.0. The fraction of sp³-hybridized carbons (Fsp3) is 0.250. The first-order chi connectivity index (χ1) is 13.0. The molecule has 27 heavy (non-hydrogen) atoms. The molecule has 142 valence electrons. The lowest BCUT2D eigenvalue weighted by molar-refractivity contribution is -0.148. The largest absolute Gasteiger partial charge is 0.459 e. The standard InChI is InChI=1S/C20H22N2O5/c1-15(19(24)26-13-16-8-4-2-5-9-16)22-18(23)12-21-20(25)27-14-17-10-6-3-7-11-17/h2-11,15H,12-14H2,1H3,(H,21,25)(H,22,23)/t15-/m0/s1. The number of ether oxygens (including phenoxy) is 2. The van der Waals surface area contributed by atoms with E-state index in [1.165, 1.54) is 6.92 Å². The molecule has 0 radical (unpaired) electrons. The van der Waals surface area contributed by atoms with Crippen molar-refractivity contribution in [3.63, 3.8) is 0 Å². The van der Waals surface area contributed by atoms with E-state index < -0.39 is 24.0 Å². The lowest BCUT2D eigenvalue weighted by Gasteiger charge is -2.14. The molecular formula is C20H22N2O5. The van der Waals surface area contributed by atoms with Crippen molar-refractivity contribution < 1.29 is 23.9 Å². The Morgan fingerprint density at radius 3 is 1.93 bits per heavy atom. The summed E-state index contributed by atoms with van der Waals surface area (Å²) in [7, 11) is 0. The first-order valence-electron chi connectivity index (χ1n) is 8.49. The topological polar surface area (TPSA) is 93.7 Å². The maximum Gasteiger partial charge on any atom is 0.407 e. The predicted octanol–water partition coefficient (Wildman–Crippen LogP) is 2.16. The average molecular weight is 370 g/mol. The Labute approximate surface area is 157 Å². The number of nitrogens with one attached hydrogen (secondary N) is 2. The molecule has 0 heterocycles. The van der Waals surface area contributed by atoms with E-state index in [9.17, 15) is 14.4 Å². The number of hydrogen-bond donors (Lipinski definition) is 2. The molecule has 0 unspecified atom stereocenters. The van der Waals surface area contributed by atoms with Crippen molar-refractivity contribution in [3.05, 3.63) is 71.8 Å². The highest BCUT2D eigenvalue weighted by Gasteiger charge is 2.17. The summed E-state index contributed by atoms with van der Waals surface area (Å²) in [6.07, 6.45) is -0.715. The lowest BCUT2D eigenvalue weighted by Crippen LogP contribution is -2.44. The van der Waals surface area contributed by atoms with Gasteiger partial charge in [-0.3, -0.25) is 4.79 Å². The Morgan fingerprint density at radius 2 is 1.37 bits per heavy atom. The summed E-state index contributed by atoms with van der Waals surface area (Å²) in [5.74, 6) is -1.07. The van der Waals surface area contributed by atoms with Gasteiger partial charge in [-0.1, -0.05) is 60.7 Å². The average Bonchev–Trinajstić information content (AvgIpc) is 2.70. The van der Waals surface area contributed by atoms with Crippen molar-refractivity contribution in [1.29, 1.82) is 0 Å². The summed E-state index contributed by atoms with van der Waals surface area (Å²) in [5.41, 5.74) is 1.69. The molecule has 0 aliphatic heterocycles. The summed E-state index contributed by atoms with van der Waals surface area (Å²) in [6.45, 7) is 1.45. The van der Waals surface area contributed by atoms with Crippen molar-refractivity contribution in [2.45, 2.75) is 26.2 Å². The van der Waals surface area contributed by atoms with Gasteiger partial charge in [-0.15, -0.1) is 0 Å². The van der Waals surface area contributed by atoms with Crippen molar-refractivity contribution in [2.24, 2.45) is 0 Å². The minimum absolute atomic E-state index is 0.108. The molecule has 0 bridgehead atoms. The molecule has 1 atom stereocenters. The highest BCUT2D eigenvalue weighted by Crippen LogP contribution is 2.02. The van der Waals surface area contributed by atoms with Gasteiger partial charge in [0.2, 0.25) is 5.91 Å². The molecule has 0 spiro atoms. The molecule has 0 saturated carbocycles. The normalized spacial score (nSPS) is 11.1. The molecule has 0 saturated heterocycles. The molecule has 2 aromatic rings. The van der Waals surface area contributed by atoms with Crippen LogP contribution >= 0.6 is 0 Å². The summed E-state index contributed by atoms with van der Waals surface area (Å²) < 4.78 is 10.1. The van der Waals surface area contributed by atoms with E-state index in [1.54, 1.807) is 0 Å². The fourth-order valence-corrected chi connectivity index (χ4v) is 2.13. The van der Waals surface area contributed by atoms with Crippen LogP contribution < -0.4 is 10.6 Å². The van der Waals surface area contributed by atoms with E-state index >= 15 is 0 Å². The van der Waals surface area contributed by atoms with Crippen LogP contribution in [0, 0.1) is 0 Å². The van der Waals surface area contributed by atoms with E-state index in [2.05, 4.69) is 10.6 Å². The van der Waals surface area contributed by atoms with Crippen molar-refractivity contribution in [1.82, 2.24) is 10.6 Å². The van der Waals surface area contributed by atoms with Crippen LogP contribution in [0.15, 0.2) is 60.7 Å². The summed E-state index contributed by atoms with van der Waals surface area (Å²) >= 11 is 0. The van der Waals surface area contributed by atoms with Crippen LogP contribution in [0.4, 0.5) is 4.79 Å². The van der Waals surface area contributed by atoms with E-state index in [-0.39, 0.29) is 19.8 Å². The third-order valence-electron chi connectivity index (χ3n) is 3.56. The number of carbonyl (C=O) groups is 3. The van der Waals surface area contributed by atoms with Crippen LogP contribution in [0.5, 0.6) is 0 Å². The number of benzene rings is 2. The molecule has 2 aromatic carbocycles. The lowest BCUT2D eigenvalue weighted by atomic mass is 10.2. The van der Waals surface area contributed by atoms with Gasteiger partial charge in [0.25, 0.3) is 0 Å². The maximum absolute atomic E-state index is 11.9. The zero-order chi connectivity index (χ0) is 19.5. The Hall–Kier alpha value is -3.35. The third-order valence-corrected chi connectivity index (χ3v) is 3.56. The predicted molar refractivity (Wildman–Crippen MR) is 98.5 cm³/mol. The van der Waals surface area contributed by atoms with Crippen LogP contribution in [0.25, 0.3) is 0 Å². The van der Waals surface area contributed by atoms with Gasteiger partial charge in [-0.25, -0.2) is 9.59 Å². The van der Waals surface area contributed by atoms with Crippen molar-refractivity contribution in [3.8, 4) is 0 Å². The molecule has 2 amide bonds. The molecule has 2 rings (SSSR count). The van der Waals surface area contributed by atoms with Gasteiger partial charge in [0, 0.05) is 0 Å². The number of alkyl carbamates (subject to hydrolysis) is 1. The number of esters is 1. The van der Waals surface area contributed by atoms with Crippen LogP contribution in [0.1, 0.15) is 18.1 Å². The monoisotopic (exact) mass is 370 g/mol. The second kappa shape index (κ2) is 10.6. The Bertz CT molecular complexity index is 749. The van der Waals surface area contributed by atoms with Crippen LogP contribution in [0.2, 0.25) is 0 Å². The molecule has 2 N–H and O–H groups in total. The second-order valence-electron chi connectivity index (χ2n) is 5.80. The number of carbonyl (C=O) groups excluding carboxylic acids is 3. The van der Waals surface area contributed by atoms with Crippen LogP contribution in [-0.2, 0) is 32.3 Å². The number of rotatable bonds is 8. The fourth-order valence-electron chi connectivity index (χ4n) is 2.13. The number of amides is 2. The summed E-state index contributed by atoms with van der Waals surface area (Å²) in [6, 6.07) is 17.6. The van der Waals surface area contributed by atoms with E-state index in [0.717, 1.165) is 11.1 Å². The van der Waals surface area contributed by atoms with Crippen LogP contribution in [0.3, 0.4) is 0 Å². The smallest absolute Gasteiger partial charge is 0.407 e. The van der Waals surface area contributed by atoms with Gasteiger partial charge in [0.15, 0.2) is 0 Å².